The van der Waals surface area contributed by atoms with Gasteiger partial charge in [0.05, 0.1) is 11.9 Å². The Balaban J connectivity index is 0.000000242. The molecule has 2 saturated heterocycles. The maximum atomic E-state index is 9.55. The topological polar surface area (TPSA) is 94.0 Å². The molecular formula is C17H22ClN3O4. The van der Waals surface area contributed by atoms with E-state index in [9.17, 15) is 9.59 Å². The van der Waals surface area contributed by atoms with Crippen LogP contribution >= 0.6 is 11.6 Å². The number of carbonyl (C=O) groups is 2. The molecule has 2 N–H and O–H groups in total. The zero-order valence-corrected chi connectivity index (χ0v) is 14.8. The zero-order chi connectivity index (χ0) is 18.4. The van der Waals surface area contributed by atoms with E-state index in [0.717, 1.165) is 13.1 Å². The predicted octanol–water partition coefficient (Wildman–Crippen LogP) is 2.12. The number of hydrogen-bond acceptors (Lipinski definition) is 5. The lowest BCUT2D eigenvalue weighted by Gasteiger charge is -2.49. The predicted molar refractivity (Wildman–Crippen MR) is 95.1 cm³/mol. The van der Waals surface area contributed by atoms with Crippen LogP contribution in [0.1, 0.15) is 19.3 Å². The molecule has 3 heterocycles. The summed E-state index contributed by atoms with van der Waals surface area (Å²) in [5.74, 6) is -2.51. The van der Waals surface area contributed by atoms with Gasteiger partial charge in [0.2, 0.25) is 0 Å². The van der Waals surface area contributed by atoms with Gasteiger partial charge in [-0.2, -0.15) is 0 Å². The molecule has 2 atom stereocenters. The van der Waals surface area contributed by atoms with E-state index in [4.69, 9.17) is 21.8 Å². The molecule has 0 radical (unpaired) electrons. The van der Waals surface area contributed by atoms with Gasteiger partial charge in [-0.3, -0.25) is 4.90 Å². The van der Waals surface area contributed by atoms with Crippen molar-refractivity contribution in [2.45, 2.75) is 31.3 Å². The highest BCUT2D eigenvalue weighted by Gasteiger charge is 2.34. The molecule has 1 aromatic rings. The van der Waals surface area contributed by atoms with Gasteiger partial charge in [-0.05, 0) is 32.0 Å². The van der Waals surface area contributed by atoms with Crippen molar-refractivity contribution in [1.29, 1.82) is 0 Å². The minimum absolute atomic E-state index is 0.558. The van der Waals surface area contributed by atoms with Crippen molar-refractivity contribution in [3.05, 3.63) is 35.6 Å². The van der Waals surface area contributed by atoms with Gasteiger partial charge in [0.1, 0.15) is 5.15 Å². The molecule has 2 unspecified atom stereocenters. The number of carboxylic acid groups (broad SMARTS) is 2. The monoisotopic (exact) mass is 367 g/mol. The number of fused-ring (bicyclic) bond motifs is 2. The average molecular weight is 368 g/mol. The molecule has 2 aliphatic rings. The number of aliphatic carboxylic acids is 2. The Morgan fingerprint density at radius 2 is 1.72 bits per heavy atom. The summed E-state index contributed by atoms with van der Waals surface area (Å²) in [7, 11) is 2.27. The summed E-state index contributed by atoms with van der Waals surface area (Å²) < 4.78 is 0. The van der Waals surface area contributed by atoms with E-state index in [0.29, 0.717) is 29.4 Å². The van der Waals surface area contributed by atoms with Gasteiger partial charge in [-0.15, -0.1) is 0 Å². The Hall–Kier alpha value is -2.12. The highest BCUT2D eigenvalue weighted by atomic mass is 35.5. The Bertz CT molecular complexity index is 605. The minimum Gasteiger partial charge on any atom is -0.478 e. The maximum absolute atomic E-state index is 9.55. The summed E-state index contributed by atoms with van der Waals surface area (Å²) in [5.41, 5.74) is 1.21. The fraction of sp³-hybridized carbons (Fsp3) is 0.471. The molecule has 0 aliphatic carbocycles. The largest absolute Gasteiger partial charge is 0.478 e. The Labute approximate surface area is 151 Å². The van der Waals surface area contributed by atoms with E-state index in [-0.39, 0.29) is 0 Å². The number of likely N-dealkylation sites (N-methyl/N-ethyl adjacent to an activating group) is 1. The van der Waals surface area contributed by atoms with Crippen LogP contribution in [0, 0.1) is 0 Å². The molecular weight excluding hydrogens is 346 g/mol. The van der Waals surface area contributed by atoms with Gasteiger partial charge in [0.15, 0.2) is 0 Å². The van der Waals surface area contributed by atoms with Crippen LogP contribution in [-0.4, -0.2) is 64.3 Å². The van der Waals surface area contributed by atoms with E-state index in [2.05, 4.69) is 27.9 Å². The van der Waals surface area contributed by atoms with Crippen molar-refractivity contribution in [1.82, 2.24) is 9.88 Å². The smallest absolute Gasteiger partial charge is 0.328 e. The number of pyridine rings is 1. The van der Waals surface area contributed by atoms with E-state index in [1.165, 1.54) is 24.9 Å². The van der Waals surface area contributed by atoms with E-state index < -0.39 is 11.9 Å². The second-order valence-corrected chi connectivity index (χ2v) is 6.55. The third kappa shape index (κ3) is 5.72. The van der Waals surface area contributed by atoms with E-state index in [1.54, 1.807) is 0 Å². The van der Waals surface area contributed by atoms with Crippen molar-refractivity contribution in [2.75, 3.05) is 25.0 Å². The first-order chi connectivity index (χ1) is 11.9. The maximum Gasteiger partial charge on any atom is 0.328 e. The van der Waals surface area contributed by atoms with Gasteiger partial charge in [-0.25, -0.2) is 14.6 Å². The Kier molecular flexibility index (Phi) is 6.78. The second kappa shape index (κ2) is 8.82. The number of anilines is 1. The first-order valence-corrected chi connectivity index (χ1v) is 8.47. The molecule has 7 nitrogen and oxygen atoms in total. The Morgan fingerprint density at radius 3 is 2.16 bits per heavy atom. The molecule has 25 heavy (non-hydrogen) atoms. The van der Waals surface area contributed by atoms with Crippen LogP contribution in [0.3, 0.4) is 0 Å². The highest BCUT2D eigenvalue weighted by Crippen LogP contribution is 2.29. The van der Waals surface area contributed by atoms with E-state index >= 15 is 0 Å². The molecule has 3 rings (SSSR count). The van der Waals surface area contributed by atoms with Crippen LogP contribution < -0.4 is 4.90 Å². The SMILES string of the molecule is CN1C2CCCC1CN(c1ccc(Cl)nc1)C2.O=C(O)/C=C/C(=O)O. The summed E-state index contributed by atoms with van der Waals surface area (Å²) >= 11 is 5.83. The third-order valence-electron chi connectivity index (χ3n) is 4.53. The van der Waals surface area contributed by atoms with Crippen LogP contribution in [0.4, 0.5) is 5.69 Å². The van der Waals surface area contributed by atoms with Crippen LogP contribution in [0.15, 0.2) is 30.5 Å². The van der Waals surface area contributed by atoms with Crippen LogP contribution in [0.25, 0.3) is 0 Å². The summed E-state index contributed by atoms with van der Waals surface area (Å²) in [6.07, 6.45) is 7.04. The number of hydrogen-bond donors (Lipinski definition) is 2. The number of piperidine rings is 1. The van der Waals surface area contributed by atoms with E-state index in [1.807, 2.05) is 12.3 Å². The van der Waals surface area contributed by atoms with Crippen LogP contribution in [-0.2, 0) is 9.59 Å². The molecule has 0 amide bonds. The van der Waals surface area contributed by atoms with Crippen molar-refractivity contribution in [3.8, 4) is 0 Å². The van der Waals surface area contributed by atoms with Gasteiger partial charge in [-0.1, -0.05) is 18.0 Å². The first kappa shape index (κ1) is 19.2. The molecule has 2 fully saturated rings. The van der Waals surface area contributed by atoms with Gasteiger partial charge in [0, 0.05) is 37.3 Å². The number of piperazine rings is 1. The molecule has 0 spiro atoms. The zero-order valence-electron chi connectivity index (χ0n) is 14.0. The molecule has 2 aliphatic heterocycles. The lowest BCUT2D eigenvalue weighted by Crippen LogP contribution is -2.59. The van der Waals surface area contributed by atoms with Crippen molar-refractivity contribution >= 4 is 29.2 Å². The second-order valence-electron chi connectivity index (χ2n) is 6.16. The van der Waals surface area contributed by atoms with Crippen molar-refractivity contribution in [3.63, 3.8) is 0 Å². The fourth-order valence-corrected chi connectivity index (χ4v) is 3.34. The van der Waals surface area contributed by atoms with Crippen molar-refractivity contribution < 1.29 is 19.8 Å². The quantitative estimate of drug-likeness (QED) is 0.624. The summed E-state index contributed by atoms with van der Waals surface area (Å²) in [6.45, 7) is 2.24. The Morgan fingerprint density at radius 1 is 1.16 bits per heavy atom. The molecule has 8 heteroatoms. The average Bonchev–Trinajstić information content (AvgIpc) is 2.54. The first-order valence-electron chi connectivity index (χ1n) is 8.09. The van der Waals surface area contributed by atoms with Crippen molar-refractivity contribution in [2.24, 2.45) is 0 Å². The summed E-state index contributed by atoms with van der Waals surface area (Å²) in [4.78, 5) is 28.3. The molecule has 1 aromatic heterocycles. The molecule has 2 bridgehead atoms. The van der Waals surface area contributed by atoms with Gasteiger partial charge >= 0.3 is 11.9 Å². The number of halogens is 1. The number of carboxylic acids is 2. The number of aromatic nitrogens is 1. The van der Waals surface area contributed by atoms with Gasteiger partial charge < -0.3 is 15.1 Å². The highest BCUT2D eigenvalue weighted by molar-refractivity contribution is 6.29. The lowest BCUT2D eigenvalue weighted by atomic mass is 9.92. The third-order valence-corrected chi connectivity index (χ3v) is 4.76. The lowest BCUT2D eigenvalue weighted by molar-refractivity contribution is -0.134. The fourth-order valence-electron chi connectivity index (χ4n) is 3.23. The minimum atomic E-state index is -1.26. The standard InChI is InChI=1S/C13H18ClN3.C4H4O4/c1-16-11-3-2-4-12(16)9-17(8-11)10-5-6-13(14)15-7-10;5-3(6)1-2-4(7)8/h5-7,11-12H,2-4,8-9H2,1H3;1-2H,(H,5,6)(H,7,8)/b;2-1+. The summed E-state index contributed by atoms with van der Waals surface area (Å²) in [6, 6.07) is 5.37. The summed E-state index contributed by atoms with van der Waals surface area (Å²) in [5, 5.41) is 16.2. The molecule has 0 aromatic carbocycles. The van der Waals surface area contributed by atoms with Crippen LogP contribution in [0.2, 0.25) is 5.15 Å². The normalized spacial score (nSPS) is 23.0. The number of rotatable bonds is 3. The molecule has 0 saturated carbocycles. The van der Waals surface area contributed by atoms with Gasteiger partial charge in [0.25, 0.3) is 0 Å². The molecule has 136 valence electrons. The van der Waals surface area contributed by atoms with Crippen LogP contribution in [0.5, 0.6) is 0 Å². The number of nitrogens with zero attached hydrogens (tertiary/aromatic N) is 3.